The van der Waals surface area contributed by atoms with E-state index in [0.717, 1.165) is 102 Å². The quantitative estimate of drug-likeness (QED) is 0.0222. The van der Waals surface area contributed by atoms with Gasteiger partial charge in [-0.2, -0.15) is 0 Å². The van der Waals surface area contributed by atoms with E-state index in [1.807, 2.05) is 0 Å². The fourth-order valence-corrected chi connectivity index (χ4v) is 14.1. The lowest BCUT2D eigenvalue weighted by Gasteiger charge is -2.21. The Morgan fingerprint density at radius 1 is 0.270 bits per heavy atom. The number of phosphoric acid groups is 2. The highest BCUT2D eigenvalue weighted by Crippen LogP contribution is 2.45. The van der Waals surface area contributed by atoms with Crippen molar-refractivity contribution >= 4 is 39.5 Å². The highest BCUT2D eigenvalue weighted by molar-refractivity contribution is 7.47. The van der Waals surface area contributed by atoms with Gasteiger partial charge in [0.05, 0.1) is 26.4 Å². The maximum absolute atomic E-state index is 13.1. The van der Waals surface area contributed by atoms with Crippen molar-refractivity contribution in [1.82, 2.24) is 0 Å². The van der Waals surface area contributed by atoms with Crippen molar-refractivity contribution in [1.29, 1.82) is 0 Å². The molecular formula is C81H158O17P2. The second-order valence-corrected chi connectivity index (χ2v) is 33.0. The Kier molecular flexibility index (Phi) is 71.2. The van der Waals surface area contributed by atoms with Crippen LogP contribution in [0.5, 0.6) is 0 Å². The van der Waals surface area contributed by atoms with Crippen molar-refractivity contribution in [3.63, 3.8) is 0 Å². The number of hydrogen-bond acceptors (Lipinski definition) is 15. The van der Waals surface area contributed by atoms with Crippen LogP contribution in [0.4, 0.5) is 0 Å². The van der Waals surface area contributed by atoms with Gasteiger partial charge in [-0.25, -0.2) is 9.13 Å². The Morgan fingerprint density at radius 2 is 0.460 bits per heavy atom. The van der Waals surface area contributed by atoms with Crippen LogP contribution in [0.25, 0.3) is 0 Å². The molecule has 0 aromatic rings. The minimum Gasteiger partial charge on any atom is -0.462 e. The molecule has 0 saturated carbocycles. The van der Waals surface area contributed by atoms with Crippen LogP contribution in [-0.2, 0) is 65.4 Å². The van der Waals surface area contributed by atoms with Crippen molar-refractivity contribution in [2.75, 3.05) is 39.6 Å². The maximum Gasteiger partial charge on any atom is 0.472 e. The fraction of sp³-hybridized carbons (Fsp3) is 0.951. The first kappa shape index (κ1) is 98.1. The Hall–Kier alpha value is -1.94. The number of carbonyl (C=O) groups excluding carboxylic acids is 4. The van der Waals surface area contributed by atoms with E-state index in [4.69, 9.17) is 37.0 Å². The molecule has 0 rings (SSSR count). The summed E-state index contributed by atoms with van der Waals surface area (Å²) < 4.78 is 68.7. The highest BCUT2D eigenvalue weighted by Gasteiger charge is 2.30. The minimum atomic E-state index is -4.96. The summed E-state index contributed by atoms with van der Waals surface area (Å²) in [6.07, 6.45) is 62.3. The molecule has 0 amide bonds. The summed E-state index contributed by atoms with van der Waals surface area (Å²) >= 11 is 0. The summed E-state index contributed by atoms with van der Waals surface area (Å²) in [5, 5.41) is 10.6. The molecule has 0 aliphatic rings. The molecule has 100 heavy (non-hydrogen) atoms. The van der Waals surface area contributed by atoms with Gasteiger partial charge < -0.3 is 33.8 Å². The summed E-state index contributed by atoms with van der Waals surface area (Å²) in [5.41, 5.74) is 0. The predicted molar refractivity (Wildman–Crippen MR) is 409 cm³/mol. The molecule has 0 aliphatic heterocycles. The van der Waals surface area contributed by atoms with Crippen molar-refractivity contribution in [3.05, 3.63) is 0 Å². The van der Waals surface area contributed by atoms with Gasteiger partial charge in [-0.1, -0.05) is 375 Å². The molecule has 17 nitrogen and oxygen atoms in total. The molecule has 5 atom stereocenters. The third-order valence-electron chi connectivity index (χ3n) is 19.0. The van der Waals surface area contributed by atoms with Crippen LogP contribution in [0.1, 0.15) is 427 Å². The van der Waals surface area contributed by atoms with E-state index in [2.05, 4.69) is 41.5 Å². The number of ether oxygens (including phenoxy) is 4. The summed E-state index contributed by atoms with van der Waals surface area (Å²) in [5.74, 6) is -0.506. The number of phosphoric ester groups is 2. The summed E-state index contributed by atoms with van der Waals surface area (Å²) in [6.45, 7) is 9.68. The maximum atomic E-state index is 13.1. The number of carbonyl (C=O) groups is 4. The Morgan fingerprint density at radius 3 is 0.680 bits per heavy atom. The van der Waals surface area contributed by atoms with Crippen LogP contribution in [0.3, 0.4) is 0 Å². The molecule has 3 N–H and O–H groups in total. The molecule has 0 radical (unpaired) electrons. The molecule has 0 aromatic carbocycles. The van der Waals surface area contributed by atoms with Crippen LogP contribution in [0, 0.1) is 11.8 Å². The molecule has 0 heterocycles. The van der Waals surface area contributed by atoms with Gasteiger partial charge >= 0.3 is 39.5 Å². The lowest BCUT2D eigenvalue weighted by atomic mass is 10.0. The molecule has 2 unspecified atom stereocenters. The molecular weight excluding hydrogens is 1310 g/mol. The van der Waals surface area contributed by atoms with Crippen molar-refractivity contribution < 1.29 is 80.2 Å². The molecule has 0 fully saturated rings. The first-order valence-electron chi connectivity index (χ1n) is 42.0. The SMILES string of the molecule is CCCCCCCCCCCCCCCCCC(=O)O[C@H](COC(=O)CCCCCCCCCCCC)COP(=O)(O)OC[C@H](O)COP(=O)(O)OC[C@@H](COC(=O)CCCCCCCCCCCCCCCC(C)C)OC(=O)CCCCCCCCCCCCCCCCCCC(C)C. The number of aliphatic hydroxyl groups excluding tert-OH is 1. The zero-order valence-electron chi connectivity index (χ0n) is 65.5. The Bertz CT molecular complexity index is 1920. The van der Waals surface area contributed by atoms with Gasteiger partial charge in [-0.3, -0.25) is 37.3 Å². The third kappa shape index (κ3) is 74.3. The van der Waals surface area contributed by atoms with E-state index in [0.29, 0.717) is 25.7 Å². The van der Waals surface area contributed by atoms with E-state index < -0.39 is 97.5 Å². The molecule has 0 aliphatic carbocycles. The normalized spacial score (nSPS) is 13.9. The number of rotatable bonds is 80. The molecule has 19 heteroatoms. The van der Waals surface area contributed by atoms with Crippen LogP contribution in [-0.4, -0.2) is 96.7 Å². The standard InChI is InChI=1S/C81H158O17P2/c1-7-9-11-13-15-17-19-20-23-29-35-41-47-53-59-65-80(85)97-76(69-91-78(83)63-57-51-45-39-18-16-14-12-10-8-2)71-95-99(87,88)93-67-75(82)68-94-100(89,90)96-72-77(70-92-79(84)64-58-52-46-40-34-31-26-28-33-38-44-50-56-62-74(5)6)98-81(86)66-60-54-48-42-36-30-25-22-21-24-27-32-37-43-49-55-61-73(3)4/h73-77,82H,7-72H2,1-6H3,(H,87,88)(H,89,90)/t75-,76+,77+/m0/s1. The van der Waals surface area contributed by atoms with Crippen LogP contribution < -0.4 is 0 Å². The topological polar surface area (TPSA) is 237 Å². The monoisotopic (exact) mass is 1470 g/mol. The largest absolute Gasteiger partial charge is 0.472 e. The highest BCUT2D eigenvalue weighted by atomic mass is 31.2. The average Bonchev–Trinajstić information content (AvgIpc) is 0.943. The summed E-state index contributed by atoms with van der Waals surface area (Å²) in [7, 11) is -9.92. The lowest BCUT2D eigenvalue weighted by molar-refractivity contribution is -0.161. The summed E-state index contributed by atoms with van der Waals surface area (Å²) in [4.78, 5) is 73.0. The first-order valence-corrected chi connectivity index (χ1v) is 45.0. The van der Waals surface area contributed by atoms with Gasteiger partial charge in [0.2, 0.25) is 0 Å². The van der Waals surface area contributed by atoms with Gasteiger partial charge in [0, 0.05) is 25.7 Å². The zero-order valence-corrected chi connectivity index (χ0v) is 67.3. The predicted octanol–water partition coefficient (Wildman–Crippen LogP) is 24.3. The average molecular weight is 1470 g/mol. The van der Waals surface area contributed by atoms with Gasteiger partial charge in [-0.05, 0) is 37.5 Å². The smallest absolute Gasteiger partial charge is 0.462 e. The van der Waals surface area contributed by atoms with E-state index in [-0.39, 0.29) is 25.7 Å². The minimum absolute atomic E-state index is 0.108. The first-order chi connectivity index (χ1) is 48.4. The van der Waals surface area contributed by atoms with Crippen LogP contribution in [0.15, 0.2) is 0 Å². The second kappa shape index (κ2) is 72.6. The van der Waals surface area contributed by atoms with Crippen LogP contribution >= 0.6 is 15.6 Å². The van der Waals surface area contributed by atoms with Crippen molar-refractivity contribution in [2.45, 2.75) is 445 Å². The van der Waals surface area contributed by atoms with Gasteiger partial charge in [0.15, 0.2) is 12.2 Å². The molecule has 594 valence electrons. The zero-order chi connectivity index (χ0) is 73.5. The Labute approximate surface area is 613 Å². The van der Waals surface area contributed by atoms with Gasteiger partial charge in [0.1, 0.15) is 19.3 Å². The van der Waals surface area contributed by atoms with Gasteiger partial charge in [0.25, 0.3) is 0 Å². The van der Waals surface area contributed by atoms with E-state index in [9.17, 15) is 43.2 Å². The summed E-state index contributed by atoms with van der Waals surface area (Å²) in [6, 6.07) is 0. The third-order valence-corrected chi connectivity index (χ3v) is 20.9. The lowest BCUT2D eigenvalue weighted by Crippen LogP contribution is -2.30. The molecule has 0 bridgehead atoms. The van der Waals surface area contributed by atoms with E-state index >= 15 is 0 Å². The van der Waals surface area contributed by atoms with E-state index in [1.54, 1.807) is 0 Å². The van der Waals surface area contributed by atoms with Crippen LogP contribution in [0.2, 0.25) is 0 Å². The number of hydrogen-bond donors (Lipinski definition) is 3. The number of unbranched alkanes of at least 4 members (excludes halogenated alkanes) is 50. The second-order valence-electron chi connectivity index (χ2n) is 30.1. The van der Waals surface area contributed by atoms with E-state index in [1.165, 1.54) is 244 Å². The van der Waals surface area contributed by atoms with Crippen molar-refractivity contribution in [2.24, 2.45) is 11.8 Å². The molecule has 0 spiro atoms. The number of aliphatic hydroxyl groups is 1. The molecule has 0 saturated heterocycles. The molecule has 0 aromatic heterocycles. The van der Waals surface area contributed by atoms with Gasteiger partial charge in [-0.15, -0.1) is 0 Å². The fourth-order valence-electron chi connectivity index (χ4n) is 12.5. The Balaban J connectivity index is 5.24. The van der Waals surface area contributed by atoms with Crippen molar-refractivity contribution in [3.8, 4) is 0 Å². The number of esters is 4.